The van der Waals surface area contributed by atoms with Crippen LogP contribution in [0.2, 0.25) is 0 Å². The second-order valence-electron chi connectivity index (χ2n) is 7.08. The lowest BCUT2D eigenvalue weighted by molar-refractivity contribution is -0.283. The fourth-order valence-electron chi connectivity index (χ4n) is 3.03. The van der Waals surface area contributed by atoms with E-state index >= 15 is 0 Å². The average molecular weight is 443 g/mol. The summed E-state index contributed by atoms with van der Waals surface area (Å²) in [6.07, 6.45) is 1.59. The maximum absolute atomic E-state index is 9.13. The van der Waals surface area contributed by atoms with E-state index < -0.39 is 5.79 Å². The summed E-state index contributed by atoms with van der Waals surface area (Å²) in [7, 11) is 0. The molecule has 3 rings (SSSR count). The molecule has 0 bridgehead atoms. The van der Waals surface area contributed by atoms with E-state index in [1.54, 1.807) is 0 Å². The topological polar surface area (TPSA) is 78.7 Å². The summed E-state index contributed by atoms with van der Waals surface area (Å²) in [5.41, 5.74) is 2.97. The van der Waals surface area contributed by atoms with Gasteiger partial charge in [-0.3, -0.25) is 0 Å². The SMILES string of the molecule is Cc1ccc(N/C(=N\C#N)N[C@H]2COC(C)(C)O[C@H]2c2ccccc2)c(Br)c1. The van der Waals surface area contributed by atoms with E-state index in [4.69, 9.17) is 14.7 Å². The number of hydrogen-bond donors (Lipinski definition) is 2. The molecule has 2 N–H and O–H groups in total. The molecule has 7 heteroatoms. The zero-order valence-electron chi connectivity index (χ0n) is 16.1. The third-order valence-corrected chi connectivity index (χ3v) is 5.03. The van der Waals surface area contributed by atoms with Gasteiger partial charge in [0, 0.05) is 4.47 Å². The molecule has 0 aromatic heterocycles. The van der Waals surface area contributed by atoms with Crippen LogP contribution < -0.4 is 10.6 Å². The molecule has 0 radical (unpaired) electrons. The lowest BCUT2D eigenvalue weighted by atomic mass is 10.0. The highest BCUT2D eigenvalue weighted by atomic mass is 79.9. The number of nitriles is 1. The molecule has 1 saturated heterocycles. The molecule has 28 heavy (non-hydrogen) atoms. The number of ether oxygens (including phenoxy) is 2. The second kappa shape index (κ2) is 8.74. The standard InChI is InChI=1S/C21H23BrN4O2/c1-14-9-10-17(16(22)11-14)25-20(24-13-23)26-18-12-27-21(2,3)28-19(18)15-7-5-4-6-8-15/h4-11,18-19H,12H2,1-3H3,(H2,24,25,26)/t18-,19-/m0/s1. The van der Waals surface area contributed by atoms with Gasteiger partial charge in [0.2, 0.25) is 12.2 Å². The number of halogens is 1. The van der Waals surface area contributed by atoms with Crippen molar-refractivity contribution < 1.29 is 9.47 Å². The summed E-state index contributed by atoms with van der Waals surface area (Å²) < 4.78 is 12.9. The van der Waals surface area contributed by atoms with Gasteiger partial charge in [-0.1, -0.05) is 36.4 Å². The van der Waals surface area contributed by atoms with Crippen LogP contribution in [0.4, 0.5) is 5.69 Å². The summed E-state index contributed by atoms with van der Waals surface area (Å²) >= 11 is 3.54. The van der Waals surface area contributed by atoms with Crippen LogP contribution in [0.3, 0.4) is 0 Å². The molecule has 0 spiro atoms. The summed E-state index contributed by atoms with van der Waals surface area (Å²) in [5, 5.41) is 15.6. The Kier molecular flexibility index (Phi) is 6.35. The van der Waals surface area contributed by atoms with Crippen LogP contribution in [0, 0.1) is 18.4 Å². The predicted octanol–water partition coefficient (Wildman–Crippen LogP) is 4.49. The first-order chi connectivity index (χ1) is 13.4. The molecular weight excluding hydrogens is 420 g/mol. The van der Waals surface area contributed by atoms with E-state index in [-0.39, 0.29) is 12.1 Å². The van der Waals surface area contributed by atoms with Crippen LogP contribution in [-0.4, -0.2) is 24.4 Å². The Morgan fingerprint density at radius 2 is 2.00 bits per heavy atom. The molecule has 2 aromatic rings. The Bertz CT molecular complexity index is 893. The Labute approximate surface area is 173 Å². The maximum Gasteiger partial charge on any atom is 0.212 e. The van der Waals surface area contributed by atoms with E-state index in [1.165, 1.54) is 0 Å². The number of aryl methyl sites for hydroxylation is 1. The lowest BCUT2D eigenvalue weighted by Crippen LogP contribution is -2.53. The molecule has 0 amide bonds. The maximum atomic E-state index is 9.13. The van der Waals surface area contributed by atoms with Gasteiger partial charge in [-0.05, 0) is 60.0 Å². The Morgan fingerprint density at radius 3 is 2.68 bits per heavy atom. The van der Waals surface area contributed by atoms with Crippen molar-refractivity contribution in [1.82, 2.24) is 5.32 Å². The van der Waals surface area contributed by atoms with Gasteiger partial charge in [-0.2, -0.15) is 5.26 Å². The average Bonchev–Trinajstić information content (AvgIpc) is 2.66. The largest absolute Gasteiger partial charge is 0.348 e. The van der Waals surface area contributed by atoms with E-state index in [1.807, 2.05) is 75.5 Å². The number of benzene rings is 2. The van der Waals surface area contributed by atoms with Crippen molar-refractivity contribution in [3.05, 3.63) is 64.1 Å². The monoisotopic (exact) mass is 442 g/mol. The van der Waals surface area contributed by atoms with Gasteiger partial charge < -0.3 is 20.1 Å². The fraction of sp³-hybridized carbons (Fsp3) is 0.333. The number of anilines is 1. The van der Waals surface area contributed by atoms with Crippen molar-refractivity contribution >= 4 is 27.6 Å². The van der Waals surface area contributed by atoms with Gasteiger partial charge >= 0.3 is 0 Å². The van der Waals surface area contributed by atoms with Crippen LogP contribution in [-0.2, 0) is 9.47 Å². The predicted molar refractivity (Wildman–Crippen MR) is 113 cm³/mol. The fourth-order valence-corrected chi connectivity index (χ4v) is 3.62. The van der Waals surface area contributed by atoms with Crippen molar-refractivity contribution in [1.29, 1.82) is 5.26 Å². The van der Waals surface area contributed by atoms with Crippen LogP contribution >= 0.6 is 15.9 Å². The third-order valence-electron chi connectivity index (χ3n) is 4.38. The zero-order valence-corrected chi connectivity index (χ0v) is 17.7. The molecule has 1 aliphatic rings. The number of rotatable bonds is 3. The third kappa shape index (κ3) is 5.10. The van der Waals surface area contributed by atoms with E-state index in [9.17, 15) is 0 Å². The van der Waals surface area contributed by atoms with E-state index in [2.05, 4.69) is 31.6 Å². The first-order valence-electron chi connectivity index (χ1n) is 9.01. The number of guanidine groups is 1. The highest BCUT2D eigenvalue weighted by Crippen LogP contribution is 2.33. The van der Waals surface area contributed by atoms with Crippen molar-refractivity contribution in [2.75, 3.05) is 11.9 Å². The Morgan fingerprint density at radius 1 is 1.25 bits per heavy atom. The molecule has 1 aliphatic heterocycles. The van der Waals surface area contributed by atoms with Crippen molar-refractivity contribution in [3.8, 4) is 6.19 Å². The minimum absolute atomic E-state index is 0.223. The number of hydrogen-bond acceptors (Lipinski definition) is 4. The first kappa shape index (κ1) is 20.3. The summed E-state index contributed by atoms with van der Waals surface area (Å²) in [5.74, 6) is -0.358. The molecule has 1 fully saturated rings. The minimum Gasteiger partial charge on any atom is -0.348 e. The molecule has 0 saturated carbocycles. The van der Waals surface area contributed by atoms with E-state index in [0.29, 0.717) is 12.6 Å². The van der Waals surface area contributed by atoms with Crippen molar-refractivity contribution in [2.24, 2.45) is 4.99 Å². The van der Waals surface area contributed by atoms with Crippen molar-refractivity contribution in [2.45, 2.75) is 38.7 Å². The van der Waals surface area contributed by atoms with Gasteiger partial charge in [-0.25, -0.2) is 0 Å². The molecule has 0 aliphatic carbocycles. The van der Waals surface area contributed by atoms with Gasteiger partial charge in [0.15, 0.2) is 5.79 Å². The van der Waals surface area contributed by atoms with Crippen LogP contribution in [0.25, 0.3) is 0 Å². The summed E-state index contributed by atoms with van der Waals surface area (Å²) in [6, 6.07) is 15.6. The zero-order chi connectivity index (χ0) is 20.1. The van der Waals surface area contributed by atoms with Crippen LogP contribution in [0.5, 0.6) is 0 Å². The molecule has 2 aromatic carbocycles. The number of nitrogens with one attached hydrogen (secondary N) is 2. The van der Waals surface area contributed by atoms with Gasteiger partial charge in [0.05, 0.1) is 18.3 Å². The van der Waals surface area contributed by atoms with Gasteiger partial charge in [0.1, 0.15) is 6.10 Å². The Hall–Kier alpha value is -2.40. The van der Waals surface area contributed by atoms with Crippen LogP contribution in [0.15, 0.2) is 58.0 Å². The highest BCUT2D eigenvalue weighted by Gasteiger charge is 2.38. The molecule has 2 atom stereocenters. The molecule has 1 heterocycles. The van der Waals surface area contributed by atoms with Crippen molar-refractivity contribution in [3.63, 3.8) is 0 Å². The lowest BCUT2D eigenvalue weighted by Gasteiger charge is -2.41. The number of aliphatic imine (C=N–C) groups is 1. The Balaban J connectivity index is 1.82. The van der Waals surface area contributed by atoms with E-state index in [0.717, 1.165) is 21.3 Å². The normalized spacial score (nSPS) is 21.6. The molecule has 6 nitrogen and oxygen atoms in total. The summed E-state index contributed by atoms with van der Waals surface area (Å²) in [4.78, 5) is 3.91. The smallest absolute Gasteiger partial charge is 0.212 e. The minimum atomic E-state index is -0.696. The second-order valence-corrected chi connectivity index (χ2v) is 7.93. The first-order valence-corrected chi connectivity index (χ1v) is 9.80. The van der Waals surface area contributed by atoms with Crippen LogP contribution in [0.1, 0.15) is 31.1 Å². The molecule has 146 valence electrons. The van der Waals surface area contributed by atoms with Gasteiger partial charge in [0.25, 0.3) is 0 Å². The van der Waals surface area contributed by atoms with Gasteiger partial charge in [-0.15, -0.1) is 4.99 Å². The summed E-state index contributed by atoms with van der Waals surface area (Å²) in [6.45, 7) is 6.21. The molecular formula is C21H23BrN4O2. The molecule has 0 unspecified atom stereocenters. The quantitative estimate of drug-likeness (QED) is 0.415. The number of nitrogens with zero attached hydrogens (tertiary/aromatic N) is 2. The highest BCUT2D eigenvalue weighted by molar-refractivity contribution is 9.10.